The maximum Gasteiger partial charge on any atom is 0.416 e. The van der Waals surface area contributed by atoms with Crippen LogP contribution in [0.25, 0.3) is 5.76 Å². The van der Waals surface area contributed by atoms with Crippen LogP contribution in [0, 0.1) is 0 Å². The number of alkyl halides is 3. The Morgan fingerprint density at radius 1 is 1.11 bits per heavy atom. The normalized spacial score (nSPS) is 17.5. The lowest BCUT2D eigenvalue weighted by atomic mass is 9.97. The van der Waals surface area contributed by atoms with E-state index in [4.69, 9.17) is 27.9 Å². The number of rotatable bonds is 5. The number of pyridine rings is 1. The fraction of sp³-hybridized carbons (Fsp3) is 0.160. The first-order valence-corrected chi connectivity index (χ1v) is 11.2. The number of hydrogen-bond donors (Lipinski definition) is 1. The maximum absolute atomic E-state index is 13.2. The summed E-state index contributed by atoms with van der Waals surface area (Å²) >= 11 is 12.3. The number of aliphatic hydroxyl groups excluding tert-OH is 1. The summed E-state index contributed by atoms with van der Waals surface area (Å²) in [5, 5.41) is 11.4. The van der Waals surface area contributed by atoms with E-state index in [0.29, 0.717) is 0 Å². The van der Waals surface area contributed by atoms with Crippen molar-refractivity contribution in [3.63, 3.8) is 0 Å². The molecule has 3 aromatic rings. The van der Waals surface area contributed by atoms with Crippen LogP contribution in [0.3, 0.4) is 0 Å². The molecule has 6 nitrogen and oxygen atoms in total. The minimum absolute atomic E-state index is 0.0161. The number of hydrogen-bond acceptors (Lipinski definition) is 5. The minimum atomic E-state index is -4.59. The van der Waals surface area contributed by atoms with E-state index >= 15 is 0 Å². The van der Waals surface area contributed by atoms with Crippen molar-refractivity contribution in [2.45, 2.75) is 18.8 Å². The highest BCUT2D eigenvalue weighted by Gasteiger charge is 2.47. The zero-order valence-corrected chi connectivity index (χ0v) is 20.0. The number of likely N-dealkylation sites (tertiary alicyclic amines) is 1. The molecular formula is C25H17Cl2F3N2O4. The maximum atomic E-state index is 13.2. The molecule has 186 valence electrons. The molecule has 0 bridgehead atoms. The number of halogens is 5. The van der Waals surface area contributed by atoms with Gasteiger partial charge in [0.25, 0.3) is 11.7 Å². The number of carbonyl (C=O) groups is 2. The summed E-state index contributed by atoms with van der Waals surface area (Å²) in [6, 6.07) is 10.7. The van der Waals surface area contributed by atoms with E-state index in [0.717, 1.165) is 17.0 Å². The topological polar surface area (TPSA) is 79.7 Å². The second kappa shape index (κ2) is 9.83. The van der Waals surface area contributed by atoms with Crippen molar-refractivity contribution in [2.75, 3.05) is 7.11 Å². The number of aliphatic hydroxyl groups is 1. The van der Waals surface area contributed by atoms with E-state index in [9.17, 15) is 27.9 Å². The number of Topliss-reactive ketones (excluding diaryl/α,β-unsaturated/α-hetero) is 1. The van der Waals surface area contributed by atoms with Crippen molar-refractivity contribution in [1.82, 2.24) is 9.88 Å². The second-order valence-electron chi connectivity index (χ2n) is 7.85. The zero-order chi connectivity index (χ0) is 26.2. The van der Waals surface area contributed by atoms with E-state index in [-0.39, 0.29) is 44.7 Å². The minimum Gasteiger partial charge on any atom is -0.507 e. The van der Waals surface area contributed by atoms with E-state index in [1.165, 1.54) is 43.6 Å². The number of benzene rings is 2. The Balaban J connectivity index is 1.89. The van der Waals surface area contributed by atoms with Gasteiger partial charge in [0.15, 0.2) is 0 Å². The molecule has 11 heteroatoms. The standard InChI is InChI=1S/C25H17Cl2F3N2O4/c1-36-23-16(10-15(26)11-17(23)27)21(33)19-20(18-7-2-3-8-31-18)32(24(35)22(19)34)12-13-5-4-6-14(9-13)25(28,29)30/h2-11,20,33H,12H2,1H3/b21-19+. The van der Waals surface area contributed by atoms with Gasteiger partial charge in [-0.3, -0.25) is 14.6 Å². The number of nitrogens with zero attached hydrogens (tertiary/aromatic N) is 2. The van der Waals surface area contributed by atoms with Gasteiger partial charge in [0.2, 0.25) is 0 Å². The van der Waals surface area contributed by atoms with Crippen LogP contribution in [-0.2, 0) is 22.3 Å². The van der Waals surface area contributed by atoms with Gasteiger partial charge in [-0.05, 0) is 42.0 Å². The first kappa shape index (κ1) is 25.5. The summed E-state index contributed by atoms with van der Waals surface area (Å²) < 4.78 is 45.0. The Kier molecular flexibility index (Phi) is 6.97. The molecule has 2 heterocycles. The summed E-state index contributed by atoms with van der Waals surface area (Å²) in [7, 11) is 1.30. The van der Waals surface area contributed by atoms with Crippen molar-refractivity contribution >= 4 is 40.7 Å². The largest absolute Gasteiger partial charge is 0.507 e. The first-order valence-electron chi connectivity index (χ1n) is 10.4. The van der Waals surface area contributed by atoms with Gasteiger partial charge in [-0.15, -0.1) is 0 Å². The highest BCUT2D eigenvalue weighted by Crippen LogP contribution is 2.43. The third-order valence-electron chi connectivity index (χ3n) is 5.58. The fourth-order valence-electron chi connectivity index (χ4n) is 4.02. The van der Waals surface area contributed by atoms with Crippen LogP contribution in [0.5, 0.6) is 5.75 Å². The molecule has 1 fully saturated rings. The highest BCUT2D eigenvalue weighted by molar-refractivity contribution is 6.46. The molecule has 1 amide bonds. The molecule has 0 spiro atoms. The van der Waals surface area contributed by atoms with E-state index in [2.05, 4.69) is 4.98 Å². The van der Waals surface area contributed by atoms with Crippen LogP contribution in [0.4, 0.5) is 13.2 Å². The summed E-state index contributed by atoms with van der Waals surface area (Å²) in [4.78, 5) is 31.6. The lowest BCUT2D eigenvalue weighted by Gasteiger charge is -2.25. The van der Waals surface area contributed by atoms with Crippen molar-refractivity contribution in [2.24, 2.45) is 0 Å². The van der Waals surface area contributed by atoms with Crippen LogP contribution >= 0.6 is 23.2 Å². The zero-order valence-electron chi connectivity index (χ0n) is 18.5. The average Bonchev–Trinajstić information content (AvgIpc) is 3.08. The fourth-order valence-corrected chi connectivity index (χ4v) is 4.59. The first-order chi connectivity index (χ1) is 17.0. The molecule has 0 saturated carbocycles. The van der Waals surface area contributed by atoms with Crippen LogP contribution in [-0.4, -0.2) is 33.8 Å². The summed E-state index contributed by atoms with van der Waals surface area (Å²) in [5.41, 5.74) is -0.909. The molecule has 1 N–H and O–H groups in total. The molecule has 36 heavy (non-hydrogen) atoms. The summed E-state index contributed by atoms with van der Waals surface area (Å²) in [6.45, 7) is -0.347. The van der Waals surface area contributed by atoms with Gasteiger partial charge >= 0.3 is 6.18 Å². The lowest BCUT2D eigenvalue weighted by molar-refractivity contribution is -0.140. The SMILES string of the molecule is COc1c(Cl)cc(Cl)cc1/C(O)=C1\C(=O)C(=O)N(Cc2cccc(C(F)(F)F)c2)C1c1ccccn1. The number of amides is 1. The van der Waals surface area contributed by atoms with E-state index < -0.39 is 35.2 Å². The Labute approximate surface area is 213 Å². The van der Waals surface area contributed by atoms with E-state index in [1.54, 1.807) is 12.1 Å². The van der Waals surface area contributed by atoms with Crippen LogP contribution in [0.1, 0.15) is 28.4 Å². The second-order valence-corrected chi connectivity index (χ2v) is 8.69. The van der Waals surface area contributed by atoms with Gasteiger partial charge in [0.05, 0.1) is 34.5 Å². The summed E-state index contributed by atoms with van der Waals surface area (Å²) in [6.07, 6.45) is -3.16. The van der Waals surface area contributed by atoms with Gasteiger partial charge in [-0.25, -0.2) is 0 Å². The predicted octanol–water partition coefficient (Wildman–Crippen LogP) is 6.04. The monoisotopic (exact) mass is 536 g/mol. The van der Waals surface area contributed by atoms with E-state index in [1.807, 2.05) is 0 Å². The quantitative estimate of drug-likeness (QED) is 0.244. The lowest BCUT2D eigenvalue weighted by Crippen LogP contribution is -2.29. The number of ketones is 1. The van der Waals surface area contributed by atoms with Crippen molar-refractivity contribution in [1.29, 1.82) is 0 Å². The Morgan fingerprint density at radius 3 is 2.50 bits per heavy atom. The van der Waals surface area contributed by atoms with Crippen molar-refractivity contribution in [3.8, 4) is 5.75 Å². The van der Waals surface area contributed by atoms with Crippen molar-refractivity contribution < 1.29 is 32.6 Å². The van der Waals surface area contributed by atoms with Crippen molar-refractivity contribution in [3.05, 3.63) is 98.8 Å². The number of ether oxygens (including phenoxy) is 1. The van der Waals surface area contributed by atoms with Gasteiger partial charge in [0.1, 0.15) is 17.6 Å². The van der Waals surface area contributed by atoms with Gasteiger partial charge in [-0.1, -0.05) is 41.4 Å². The number of carbonyl (C=O) groups excluding carboxylic acids is 2. The van der Waals surface area contributed by atoms with Gasteiger partial charge in [0, 0.05) is 17.8 Å². The molecule has 1 saturated heterocycles. The molecule has 2 aromatic carbocycles. The third kappa shape index (κ3) is 4.76. The molecule has 1 aromatic heterocycles. The highest BCUT2D eigenvalue weighted by atomic mass is 35.5. The molecule has 0 radical (unpaired) electrons. The Morgan fingerprint density at radius 2 is 1.86 bits per heavy atom. The predicted molar refractivity (Wildman–Crippen MR) is 127 cm³/mol. The van der Waals surface area contributed by atoms with Crippen LogP contribution < -0.4 is 4.74 Å². The van der Waals surface area contributed by atoms with Crippen LogP contribution in [0.15, 0.2) is 66.4 Å². The number of methoxy groups -OCH3 is 1. The molecule has 1 aliphatic heterocycles. The summed E-state index contributed by atoms with van der Waals surface area (Å²) in [5.74, 6) is -2.66. The molecule has 1 aliphatic rings. The Bertz CT molecular complexity index is 1380. The molecule has 0 aliphatic carbocycles. The Hall–Kier alpha value is -3.56. The molecule has 1 unspecified atom stereocenters. The van der Waals surface area contributed by atoms with Gasteiger partial charge in [-0.2, -0.15) is 13.2 Å². The van der Waals surface area contributed by atoms with Gasteiger partial charge < -0.3 is 14.7 Å². The molecule has 4 rings (SSSR count). The molecule has 1 atom stereocenters. The average molecular weight is 537 g/mol. The number of aromatic nitrogens is 1. The van der Waals surface area contributed by atoms with Crippen LogP contribution in [0.2, 0.25) is 10.0 Å². The molecular weight excluding hydrogens is 520 g/mol. The third-order valence-corrected chi connectivity index (χ3v) is 6.08. The smallest absolute Gasteiger partial charge is 0.416 e.